The van der Waals surface area contributed by atoms with E-state index in [9.17, 15) is 31.5 Å². The third kappa shape index (κ3) is 5.15. The molecule has 4 N–H and O–H groups in total. The lowest BCUT2D eigenvalue weighted by Crippen LogP contribution is -2.25. The first-order valence-electron chi connectivity index (χ1n) is 8.50. The topological polar surface area (TPSA) is 110 Å². The van der Waals surface area contributed by atoms with Gasteiger partial charge in [0, 0.05) is 18.0 Å². The summed E-state index contributed by atoms with van der Waals surface area (Å²) in [5, 5.41) is 2.39. The van der Waals surface area contributed by atoms with Gasteiger partial charge in [-0.15, -0.1) is 13.2 Å². The summed E-state index contributed by atoms with van der Waals surface area (Å²) < 4.78 is 69.1. The number of nitrogens with two attached hydrogens (primary N) is 1. The minimum absolute atomic E-state index is 0.0241. The number of ether oxygens (including phenoxy) is 1. The van der Waals surface area contributed by atoms with Crippen LogP contribution in [0.4, 0.5) is 27.6 Å². The Balaban J connectivity index is 1.80. The number of hydrogen-bond acceptors (Lipinski definition) is 5. The molecule has 0 spiro atoms. The second-order valence-corrected chi connectivity index (χ2v) is 6.17. The maximum Gasteiger partial charge on any atom is 0.573 e. The lowest BCUT2D eigenvalue weighted by molar-refractivity contribution is -0.275. The van der Waals surface area contributed by atoms with Crippen molar-refractivity contribution < 1.29 is 31.5 Å². The molecule has 1 aromatic carbocycles. The zero-order valence-corrected chi connectivity index (χ0v) is 15.4. The van der Waals surface area contributed by atoms with Crippen LogP contribution >= 0.6 is 0 Å². The number of amides is 1. The molecule has 3 aromatic rings. The molecule has 1 amide bonds. The Morgan fingerprint density at radius 1 is 1.19 bits per heavy atom. The lowest BCUT2D eigenvalue weighted by Gasteiger charge is -2.12. The number of carbonyl (C=O) groups excluding carboxylic acids is 1. The van der Waals surface area contributed by atoms with Crippen molar-refractivity contribution >= 4 is 11.6 Å². The highest BCUT2D eigenvalue weighted by Gasteiger charge is 2.32. The lowest BCUT2D eigenvalue weighted by atomic mass is 10.0. The number of carbonyl (C=O) groups is 1. The predicted molar refractivity (Wildman–Crippen MR) is 98.9 cm³/mol. The quantitative estimate of drug-likeness (QED) is 0.528. The first-order chi connectivity index (χ1) is 14.5. The van der Waals surface area contributed by atoms with Crippen molar-refractivity contribution in [3.05, 3.63) is 76.0 Å². The SMILES string of the molecule is Nc1cc(C(=O)NCc2nccc(-c3ccc(OC(F)(F)F)c(F)c3)c2F)c[nH]c1=O. The Kier molecular flexibility index (Phi) is 5.90. The van der Waals surface area contributed by atoms with Gasteiger partial charge in [0.05, 0.1) is 23.5 Å². The molecule has 31 heavy (non-hydrogen) atoms. The number of halogens is 5. The summed E-state index contributed by atoms with van der Waals surface area (Å²) >= 11 is 0. The first-order valence-corrected chi connectivity index (χ1v) is 8.50. The second kappa shape index (κ2) is 8.42. The number of nitrogens with zero attached hydrogens (tertiary/aromatic N) is 1. The van der Waals surface area contributed by atoms with Gasteiger partial charge in [0.1, 0.15) is 0 Å². The summed E-state index contributed by atoms with van der Waals surface area (Å²) in [5.74, 6) is -3.98. The number of H-pyrrole nitrogens is 1. The van der Waals surface area contributed by atoms with Crippen LogP contribution in [-0.4, -0.2) is 22.2 Å². The van der Waals surface area contributed by atoms with Crippen LogP contribution in [-0.2, 0) is 6.54 Å². The van der Waals surface area contributed by atoms with E-state index >= 15 is 0 Å². The Morgan fingerprint density at radius 3 is 2.58 bits per heavy atom. The number of benzene rings is 1. The Labute approximate surface area is 170 Å². The zero-order chi connectivity index (χ0) is 22.8. The van der Waals surface area contributed by atoms with Gasteiger partial charge in [-0.2, -0.15) is 0 Å². The number of alkyl halides is 3. The van der Waals surface area contributed by atoms with Crippen molar-refractivity contribution in [1.82, 2.24) is 15.3 Å². The number of nitrogen functional groups attached to an aromatic ring is 1. The highest BCUT2D eigenvalue weighted by atomic mass is 19.4. The standard InChI is InChI=1S/C19H13F5N4O3/c20-12-5-9(1-2-15(12)31-19(22,23)24)11-3-4-26-14(16(11)21)8-28-17(29)10-6-13(25)18(30)27-7-10/h1-7H,8,25H2,(H,27,30)(H,28,29). The van der Waals surface area contributed by atoms with Crippen molar-refractivity contribution in [3.63, 3.8) is 0 Å². The van der Waals surface area contributed by atoms with Gasteiger partial charge in [0.2, 0.25) is 0 Å². The van der Waals surface area contributed by atoms with E-state index in [2.05, 4.69) is 20.0 Å². The van der Waals surface area contributed by atoms with Gasteiger partial charge in [0.25, 0.3) is 11.5 Å². The molecule has 12 heteroatoms. The molecule has 2 aromatic heterocycles. The van der Waals surface area contributed by atoms with Gasteiger partial charge in [-0.3, -0.25) is 14.6 Å². The third-order valence-corrected chi connectivity index (χ3v) is 4.04. The summed E-state index contributed by atoms with van der Waals surface area (Å²) in [6.45, 7) is -0.366. The number of hydrogen-bond donors (Lipinski definition) is 3. The molecule has 0 bridgehead atoms. The maximum absolute atomic E-state index is 14.8. The molecule has 0 unspecified atom stereocenters. The molecule has 0 saturated carbocycles. The summed E-state index contributed by atoms with van der Waals surface area (Å²) in [7, 11) is 0. The maximum atomic E-state index is 14.8. The van der Waals surface area contributed by atoms with Crippen molar-refractivity contribution in [2.45, 2.75) is 12.9 Å². The molecule has 0 fully saturated rings. The van der Waals surface area contributed by atoms with Gasteiger partial charge in [-0.1, -0.05) is 6.07 Å². The summed E-state index contributed by atoms with van der Waals surface area (Å²) in [6, 6.07) is 4.79. The fraction of sp³-hybridized carbons (Fsp3) is 0.105. The second-order valence-electron chi connectivity index (χ2n) is 6.17. The van der Waals surface area contributed by atoms with Crippen molar-refractivity contribution in [2.75, 3.05) is 5.73 Å². The van der Waals surface area contributed by atoms with Crippen LogP contribution in [0.1, 0.15) is 16.1 Å². The average Bonchev–Trinajstić information content (AvgIpc) is 2.69. The van der Waals surface area contributed by atoms with Gasteiger partial charge < -0.3 is 20.8 Å². The molecule has 0 aliphatic heterocycles. The van der Waals surface area contributed by atoms with Gasteiger partial charge in [-0.05, 0) is 29.8 Å². The van der Waals surface area contributed by atoms with E-state index in [0.717, 1.165) is 24.4 Å². The minimum Gasteiger partial charge on any atom is -0.403 e. The monoisotopic (exact) mass is 440 g/mol. The number of nitrogens with one attached hydrogen (secondary N) is 2. The highest BCUT2D eigenvalue weighted by molar-refractivity contribution is 5.94. The number of anilines is 1. The van der Waals surface area contributed by atoms with E-state index < -0.39 is 35.2 Å². The zero-order valence-electron chi connectivity index (χ0n) is 15.4. The fourth-order valence-corrected chi connectivity index (χ4v) is 2.61. The molecule has 0 aliphatic rings. The fourth-order valence-electron chi connectivity index (χ4n) is 2.61. The summed E-state index contributed by atoms with van der Waals surface area (Å²) in [4.78, 5) is 29.5. The average molecular weight is 440 g/mol. The van der Waals surface area contributed by atoms with Crippen LogP contribution in [0.3, 0.4) is 0 Å². The van der Waals surface area contributed by atoms with Gasteiger partial charge in [0.15, 0.2) is 17.4 Å². The number of aromatic amines is 1. The molecule has 0 atom stereocenters. The van der Waals surface area contributed by atoms with Gasteiger partial charge in [-0.25, -0.2) is 8.78 Å². The van der Waals surface area contributed by atoms with E-state index in [1.165, 1.54) is 12.3 Å². The third-order valence-electron chi connectivity index (χ3n) is 4.04. The molecule has 7 nitrogen and oxygen atoms in total. The van der Waals surface area contributed by atoms with Crippen LogP contribution in [0, 0.1) is 11.6 Å². The van der Waals surface area contributed by atoms with Crippen molar-refractivity contribution in [1.29, 1.82) is 0 Å². The Hall–Kier alpha value is -3.96. The van der Waals surface area contributed by atoms with Crippen LogP contribution in [0.2, 0.25) is 0 Å². The smallest absolute Gasteiger partial charge is 0.403 e. The first kappa shape index (κ1) is 21.7. The summed E-state index contributed by atoms with van der Waals surface area (Å²) in [5.41, 5.74) is 4.28. The van der Waals surface area contributed by atoms with E-state index in [1.54, 1.807) is 0 Å². The minimum atomic E-state index is -5.08. The molecule has 3 rings (SSSR count). The van der Waals surface area contributed by atoms with E-state index in [1.807, 2.05) is 0 Å². The van der Waals surface area contributed by atoms with E-state index in [-0.39, 0.29) is 34.6 Å². The Bertz CT molecular complexity index is 1190. The number of pyridine rings is 2. The van der Waals surface area contributed by atoms with Crippen LogP contribution < -0.4 is 21.3 Å². The predicted octanol–water partition coefficient (Wildman–Crippen LogP) is 3.13. The van der Waals surface area contributed by atoms with Crippen molar-refractivity contribution in [2.24, 2.45) is 0 Å². The van der Waals surface area contributed by atoms with E-state index in [0.29, 0.717) is 6.07 Å². The van der Waals surface area contributed by atoms with Crippen LogP contribution in [0.5, 0.6) is 5.75 Å². The van der Waals surface area contributed by atoms with E-state index in [4.69, 9.17) is 5.73 Å². The molecule has 0 aliphatic carbocycles. The molecular formula is C19H13F5N4O3. The Morgan fingerprint density at radius 2 is 1.94 bits per heavy atom. The normalized spacial score (nSPS) is 11.3. The molecule has 0 radical (unpaired) electrons. The number of rotatable bonds is 5. The molecule has 0 saturated heterocycles. The largest absolute Gasteiger partial charge is 0.573 e. The highest BCUT2D eigenvalue weighted by Crippen LogP contribution is 2.31. The molecular weight excluding hydrogens is 427 g/mol. The molecule has 2 heterocycles. The van der Waals surface area contributed by atoms with Crippen molar-refractivity contribution in [3.8, 4) is 16.9 Å². The molecule has 162 valence electrons. The van der Waals surface area contributed by atoms with Crippen LogP contribution in [0.15, 0.2) is 47.5 Å². The van der Waals surface area contributed by atoms with Crippen LogP contribution in [0.25, 0.3) is 11.1 Å². The summed E-state index contributed by atoms with van der Waals surface area (Å²) in [6.07, 6.45) is -2.76. The van der Waals surface area contributed by atoms with Gasteiger partial charge >= 0.3 is 6.36 Å². The number of aromatic nitrogens is 2.